The van der Waals surface area contributed by atoms with E-state index in [1.54, 1.807) is 0 Å². The molecule has 0 spiro atoms. The van der Waals surface area contributed by atoms with E-state index < -0.39 is 29.3 Å². The normalized spacial score (nSPS) is 10.7. The van der Waals surface area contributed by atoms with Crippen LogP contribution in [0.15, 0.2) is 6.07 Å². The van der Waals surface area contributed by atoms with Gasteiger partial charge in [0.1, 0.15) is 17.5 Å². The van der Waals surface area contributed by atoms with Crippen LogP contribution < -0.4 is 10.5 Å². The Morgan fingerprint density at radius 2 is 2.21 bits per heavy atom. The van der Waals surface area contributed by atoms with Crippen LogP contribution in [0.5, 0.6) is 5.75 Å². The molecule has 102 valence electrons. The molecule has 0 saturated carbocycles. The van der Waals surface area contributed by atoms with Crippen molar-refractivity contribution in [2.24, 2.45) is 0 Å². The van der Waals surface area contributed by atoms with Crippen LogP contribution in [0.1, 0.15) is 23.0 Å². The van der Waals surface area contributed by atoms with Crippen LogP contribution in [0.2, 0.25) is 0 Å². The summed E-state index contributed by atoms with van der Waals surface area (Å²) in [6, 6.07) is 2.31. The van der Waals surface area contributed by atoms with E-state index >= 15 is 0 Å². The van der Waals surface area contributed by atoms with E-state index in [-0.39, 0.29) is 12.4 Å². The van der Waals surface area contributed by atoms with Crippen molar-refractivity contribution in [3.63, 3.8) is 0 Å². The second-order valence-electron chi connectivity index (χ2n) is 3.15. The molecule has 0 atom stereocenters. The summed E-state index contributed by atoms with van der Waals surface area (Å²) in [5.74, 6) is -2.48. The lowest BCUT2D eigenvalue weighted by atomic mass is 10.2. The molecule has 0 aliphatic heterocycles. The van der Waals surface area contributed by atoms with Crippen LogP contribution >= 0.6 is 0 Å². The number of hydrogen-bond donors (Lipinski definition) is 1. The molecule has 0 aliphatic rings. The van der Waals surface area contributed by atoms with Gasteiger partial charge in [0.05, 0.1) is 6.61 Å². The van der Waals surface area contributed by atoms with Crippen molar-refractivity contribution < 1.29 is 27.4 Å². The van der Waals surface area contributed by atoms with E-state index in [1.165, 1.54) is 13.0 Å². The SMILES string of the molecule is CCOC(=O)c1nc(N)cc(C#N)c1OC(F)(F)F. The van der Waals surface area contributed by atoms with E-state index in [0.717, 1.165) is 6.07 Å². The number of halogens is 3. The molecule has 9 heteroatoms. The molecule has 1 aromatic rings. The second kappa shape index (κ2) is 5.43. The van der Waals surface area contributed by atoms with E-state index in [4.69, 9.17) is 11.0 Å². The molecule has 0 fully saturated rings. The monoisotopic (exact) mass is 275 g/mol. The second-order valence-corrected chi connectivity index (χ2v) is 3.15. The minimum absolute atomic E-state index is 0.0807. The molecule has 0 saturated heterocycles. The molecule has 0 aliphatic carbocycles. The fourth-order valence-electron chi connectivity index (χ4n) is 1.19. The Morgan fingerprint density at radius 1 is 1.58 bits per heavy atom. The minimum atomic E-state index is -5.08. The standard InChI is InChI=1S/C10H8F3N3O3/c1-2-18-9(17)7-8(19-10(11,12)13)5(4-14)3-6(15)16-7/h3H,2H2,1H3,(H2,15,16). The smallest absolute Gasteiger partial charge is 0.461 e. The summed E-state index contributed by atoms with van der Waals surface area (Å²) in [5.41, 5.74) is 3.94. The Morgan fingerprint density at radius 3 is 2.68 bits per heavy atom. The number of nitrogens with zero attached hydrogens (tertiary/aromatic N) is 2. The van der Waals surface area contributed by atoms with Crippen LogP contribution in [0.4, 0.5) is 19.0 Å². The Hall–Kier alpha value is -2.50. The topological polar surface area (TPSA) is 98.2 Å². The number of esters is 1. The molecule has 6 nitrogen and oxygen atoms in total. The number of alkyl halides is 3. The molecule has 2 N–H and O–H groups in total. The highest BCUT2D eigenvalue weighted by Crippen LogP contribution is 2.30. The highest BCUT2D eigenvalue weighted by molar-refractivity contribution is 5.91. The molecular weight excluding hydrogens is 267 g/mol. The Bertz CT molecular complexity index is 537. The summed E-state index contributed by atoms with van der Waals surface area (Å²) in [6.45, 7) is 1.38. The van der Waals surface area contributed by atoms with Crippen molar-refractivity contribution in [2.75, 3.05) is 12.3 Å². The maximum atomic E-state index is 12.2. The van der Waals surface area contributed by atoms with Crippen LogP contribution in [-0.4, -0.2) is 23.9 Å². The van der Waals surface area contributed by atoms with E-state index in [9.17, 15) is 18.0 Å². The Kier molecular flexibility index (Phi) is 4.16. The highest BCUT2D eigenvalue weighted by atomic mass is 19.4. The third-order valence-corrected chi connectivity index (χ3v) is 1.80. The zero-order valence-electron chi connectivity index (χ0n) is 9.61. The van der Waals surface area contributed by atoms with Crippen molar-refractivity contribution in [1.82, 2.24) is 4.98 Å². The van der Waals surface area contributed by atoms with Crippen molar-refractivity contribution >= 4 is 11.8 Å². The molecule has 0 amide bonds. The number of aromatic nitrogens is 1. The highest BCUT2D eigenvalue weighted by Gasteiger charge is 2.35. The number of ether oxygens (including phenoxy) is 2. The first-order chi connectivity index (χ1) is 8.78. The maximum Gasteiger partial charge on any atom is 0.573 e. The van der Waals surface area contributed by atoms with E-state index in [2.05, 4.69) is 14.5 Å². The number of anilines is 1. The first-order valence-corrected chi connectivity index (χ1v) is 4.92. The Labute approximate surface area is 105 Å². The number of rotatable bonds is 3. The van der Waals surface area contributed by atoms with Gasteiger partial charge in [0, 0.05) is 6.07 Å². The summed E-state index contributed by atoms with van der Waals surface area (Å²) in [6.07, 6.45) is -5.08. The molecule has 19 heavy (non-hydrogen) atoms. The van der Waals surface area contributed by atoms with Gasteiger partial charge < -0.3 is 15.2 Å². The lowest BCUT2D eigenvalue weighted by molar-refractivity contribution is -0.274. The summed E-state index contributed by atoms with van der Waals surface area (Å²) in [7, 11) is 0. The van der Waals surface area contributed by atoms with Crippen LogP contribution in [0, 0.1) is 11.3 Å². The van der Waals surface area contributed by atoms with Gasteiger partial charge >= 0.3 is 12.3 Å². The van der Waals surface area contributed by atoms with Crippen molar-refractivity contribution in [3.8, 4) is 11.8 Å². The first kappa shape index (κ1) is 14.6. The molecule has 1 aromatic heterocycles. The molecule has 1 heterocycles. The van der Waals surface area contributed by atoms with Crippen LogP contribution in [-0.2, 0) is 4.74 Å². The van der Waals surface area contributed by atoms with Gasteiger partial charge in [-0.05, 0) is 6.92 Å². The third-order valence-electron chi connectivity index (χ3n) is 1.80. The quantitative estimate of drug-likeness (QED) is 0.841. The summed E-state index contributed by atoms with van der Waals surface area (Å²) in [5, 5.41) is 8.74. The maximum absolute atomic E-state index is 12.2. The average Bonchev–Trinajstić information content (AvgIpc) is 2.29. The number of nitrogens with two attached hydrogens (primary N) is 1. The average molecular weight is 275 g/mol. The molecule has 0 aromatic carbocycles. The molecule has 0 bridgehead atoms. The third kappa shape index (κ3) is 3.74. The van der Waals surface area contributed by atoms with Crippen molar-refractivity contribution in [3.05, 3.63) is 17.3 Å². The molecule has 0 unspecified atom stereocenters. The van der Waals surface area contributed by atoms with Crippen molar-refractivity contribution in [2.45, 2.75) is 13.3 Å². The number of pyridine rings is 1. The summed E-state index contributed by atoms with van der Waals surface area (Å²) < 4.78 is 44.9. The predicted octanol–water partition coefficient (Wildman–Crippen LogP) is 1.61. The summed E-state index contributed by atoms with van der Waals surface area (Å²) in [4.78, 5) is 14.9. The van der Waals surface area contributed by atoms with E-state index in [1.807, 2.05) is 0 Å². The fourth-order valence-corrected chi connectivity index (χ4v) is 1.19. The molecule has 0 radical (unpaired) electrons. The first-order valence-electron chi connectivity index (χ1n) is 4.92. The van der Waals surface area contributed by atoms with Gasteiger partial charge in [-0.3, -0.25) is 0 Å². The molecular formula is C10H8F3N3O3. The van der Waals surface area contributed by atoms with Gasteiger partial charge in [0.15, 0.2) is 11.4 Å². The lowest BCUT2D eigenvalue weighted by Gasteiger charge is -2.13. The number of carbonyl (C=O) groups is 1. The predicted molar refractivity (Wildman–Crippen MR) is 56.0 cm³/mol. The number of carbonyl (C=O) groups excluding carboxylic acids is 1. The number of nitrogen functional groups attached to an aromatic ring is 1. The van der Waals surface area contributed by atoms with Crippen molar-refractivity contribution in [1.29, 1.82) is 5.26 Å². The van der Waals surface area contributed by atoms with Gasteiger partial charge in [0.25, 0.3) is 0 Å². The van der Waals surface area contributed by atoms with Gasteiger partial charge in [-0.15, -0.1) is 13.2 Å². The van der Waals surface area contributed by atoms with Gasteiger partial charge in [-0.25, -0.2) is 9.78 Å². The lowest BCUT2D eigenvalue weighted by Crippen LogP contribution is -2.21. The van der Waals surface area contributed by atoms with Crippen LogP contribution in [0.3, 0.4) is 0 Å². The largest absolute Gasteiger partial charge is 0.573 e. The minimum Gasteiger partial charge on any atom is -0.461 e. The van der Waals surface area contributed by atoms with Gasteiger partial charge in [-0.2, -0.15) is 5.26 Å². The number of hydrogen-bond acceptors (Lipinski definition) is 6. The molecule has 1 rings (SSSR count). The Balaban J connectivity index is 3.38. The van der Waals surface area contributed by atoms with Crippen LogP contribution in [0.25, 0.3) is 0 Å². The zero-order chi connectivity index (χ0) is 14.6. The zero-order valence-corrected chi connectivity index (χ0v) is 9.61. The number of nitriles is 1. The van der Waals surface area contributed by atoms with E-state index in [0.29, 0.717) is 0 Å². The van der Waals surface area contributed by atoms with Gasteiger partial charge in [-0.1, -0.05) is 0 Å². The summed E-state index contributed by atoms with van der Waals surface area (Å²) >= 11 is 0. The van der Waals surface area contributed by atoms with Gasteiger partial charge in [0.2, 0.25) is 0 Å². The fraction of sp³-hybridized carbons (Fsp3) is 0.300.